The number of halogens is 1. The highest BCUT2D eigenvalue weighted by Gasteiger charge is 2.14. The zero-order chi connectivity index (χ0) is 15.9. The maximum Gasteiger partial charge on any atom is 0.237 e. The minimum Gasteiger partial charge on any atom is -0.325 e. The molecule has 2 aromatic rings. The van der Waals surface area contributed by atoms with Crippen LogP contribution in [0.25, 0.3) is 0 Å². The number of rotatable bonds is 6. The molecule has 116 valence electrons. The van der Waals surface area contributed by atoms with E-state index in [9.17, 15) is 9.18 Å². The summed E-state index contributed by atoms with van der Waals surface area (Å²) in [5, 5.41) is 2.63. The van der Waals surface area contributed by atoms with Gasteiger partial charge in [-0.2, -0.15) is 0 Å². The Morgan fingerprint density at radius 1 is 1.23 bits per heavy atom. The number of hydrogen-bond donors (Lipinski definition) is 1. The van der Waals surface area contributed by atoms with Crippen molar-refractivity contribution >= 4 is 23.4 Å². The van der Waals surface area contributed by atoms with Gasteiger partial charge in [-0.1, -0.05) is 36.4 Å². The van der Waals surface area contributed by atoms with E-state index in [2.05, 4.69) is 17.4 Å². The van der Waals surface area contributed by atoms with Crippen LogP contribution in [-0.2, 0) is 11.2 Å². The second-order valence-corrected chi connectivity index (χ2v) is 6.65. The maximum atomic E-state index is 13.2. The fraction of sp³-hybridized carbons (Fsp3) is 0.278. The van der Waals surface area contributed by atoms with Crippen molar-refractivity contribution in [3.63, 3.8) is 0 Å². The zero-order valence-electron chi connectivity index (χ0n) is 12.8. The van der Waals surface area contributed by atoms with Gasteiger partial charge in [0.15, 0.2) is 0 Å². The van der Waals surface area contributed by atoms with Gasteiger partial charge in [-0.3, -0.25) is 4.79 Å². The largest absolute Gasteiger partial charge is 0.325 e. The van der Waals surface area contributed by atoms with Gasteiger partial charge < -0.3 is 5.32 Å². The number of hydrogen-bond acceptors (Lipinski definition) is 2. The lowest BCUT2D eigenvalue weighted by atomic mass is 10.2. The molecule has 1 N–H and O–H groups in total. The van der Waals surface area contributed by atoms with Crippen molar-refractivity contribution in [2.45, 2.75) is 25.5 Å². The Labute approximate surface area is 135 Å². The van der Waals surface area contributed by atoms with Crippen LogP contribution < -0.4 is 5.32 Å². The Kier molecular flexibility index (Phi) is 6.01. The van der Waals surface area contributed by atoms with Crippen LogP contribution >= 0.6 is 11.8 Å². The summed E-state index contributed by atoms with van der Waals surface area (Å²) in [6.07, 6.45) is 0.933. The number of anilines is 1. The molecular weight excluding hydrogens is 297 g/mol. The van der Waals surface area contributed by atoms with Gasteiger partial charge in [-0.25, -0.2) is 4.39 Å². The van der Waals surface area contributed by atoms with Crippen LogP contribution in [0.4, 0.5) is 10.1 Å². The number of benzene rings is 2. The van der Waals surface area contributed by atoms with Crippen molar-refractivity contribution < 1.29 is 9.18 Å². The SMILES string of the molecule is Cc1ccc(F)cc1NC(=O)C(C)SCCc1ccccc1. The molecule has 2 rings (SSSR count). The fourth-order valence-electron chi connectivity index (χ4n) is 2.04. The molecule has 0 saturated carbocycles. The van der Waals surface area contributed by atoms with Gasteiger partial charge in [-0.15, -0.1) is 11.8 Å². The van der Waals surface area contributed by atoms with Gasteiger partial charge in [0.1, 0.15) is 5.82 Å². The van der Waals surface area contributed by atoms with E-state index in [4.69, 9.17) is 0 Å². The summed E-state index contributed by atoms with van der Waals surface area (Å²) in [7, 11) is 0. The third-order valence-electron chi connectivity index (χ3n) is 3.43. The summed E-state index contributed by atoms with van der Waals surface area (Å²) in [6, 6.07) is 14.6. The highest BCUT2D eigenvalue weighted by atomic mass is 32.2. The molecule has 0 aliphatic carbocycles. The van der Waals surface area contributed by atoms with Crippen molar-refractivity contribution in [3.8, 4) is 0 Å². The number of amides is 1. The number of aryl methyl sites for hydroxylation is 2. The second-order valence-electron chi connectivity index (χ2n) is 5.20. The first-order chi connectivity index (χ1) is 10.6. The monoisotopic (exact) mass is 317 g/mol. The Morgan fingerprint density at radius 2 is 1.95 bits per heavy atom. The van der Waals surface area contributed by atoms with Gasteiger partial charge in [0, 0.05) is 5.69 Å². The Morgan fingerprint density at radius 3 is 2.68 bits per heavy atom. The first-order valence-corrected chi connectivity index (χ1v) is 8.33. The molecule has 1 unspecified atom stereocenters. The number of carbonyl (C=O) groups is 1. The summed E-state index contributed by atoms with van der Waals surface area (Å²) in [6.45, 7) is 3.72. The van der Waals surface area contributed by atoms with Crippen LogP contribution in [0.1, 0.15) is 18.1 Å². The molecular formula is C18H20FNOS. The topological polar surface area (TPSA) is 29.1 Å². The predicted octanol–water partition coefficient (Wildman–Crippen LogP) is 4.44. The van der Waals surface area contributed by atoms with Gasteiger partial charge in [0.25, 0.3) is 0 Å². The lowest BCUT2D eigenvalue weighted by Gasteiger charge is -2.13. The van der Waals surface area contributed by atoms with E-state index in [1.54, 1.807) is 17.8 Å². The summed E-state index contributed by atoms with van der Waals surface area (Å²) < 4.78 is 13.2. The van der Waals surface area contributed by atoms with E-state index in [0.717, 1.165) is 17.7 Å². The normalized spacial score (nSPS) is 12.0. The molecule has 0 saturated heterocycles. The van der Waals surface area contributed by atoms with Gasteiger partial charge in [-0.05, 0) is 49.3 Å². The molecule has 0 spiro atoms. The van der Waals surface area contributed by atoms with Gasteiger partial charge in [0.05, 0.1) is 5.25 Å². The maximum absolute atomic E-state index is 13.2. The predicted molar refractivity (Wildman–Crippen MR) is 91.8 cm³/mol. The number of nitrogens with one attached hydrogen (secondary N) is 1. The highest BCUT2D eigenvalue weighted by Crippen LogP contribution is 2.19. The quantitative estimate of drug-likeness (QED) is 0.853. The molecule has 0 aliphatic heterocycles. The average Bonchev–Trinajstić information content (AvgIpc) is 2.52. The zero-order valence-corrected chi connectivity index (χ0v) is 13.6. The molecule has 0 radical (unpaired) electrons. The third kappa shape index (κ3) is 4.88. The van der Waals surface area contributed by atoms with Crippen LogP contribution in [0.3, 0.4) is 0 Å². The van der Waals surface area contributed by atoms with Crippen LogP contribution in [0.2, 0.25) is 0 Å². The van der Waals surface area contributed by atoms with E-state index in [1.807, 2.05) is 32.0 Å². The Balaban J connectivity index is 1.83. The first-order valence-electron chi connectivity index (χ1n) is 7.29. The molecule has 0 aromatic heterocycles. The Bertz CT molecular complexity index is 630. The van der Waals surface area contributed by atoms with Crippen LogP contribution in [0, 0.1) is 12.7 Å². The summed E-state index contributed by atoms with van der Waals surface area (Å²) in [4.78, 5) is 12.2. The molecule has 1 amide bonds. The van der Waals surface area contributed by atoms with E-state index >= 15 is 0 Å². The number of carbonyl (C=O) groups excluding carboxylic acids is 1. The van der Waals surface area contributed by atoms with Crippen molar-refractivity contribution in [1.82, 2.24) is 0 Å². The van der Waals surface area contributed by atoms with E-state index < -0.39 is 0 Å². The standard InChI is InChI=1S/C18H20FNOS/c1-13-8-9-16(19)12-17(13)20-18(21)14(2)22-11-10-15-6-4-3-5-7-15/h3-9,12,14H,10-11H2,1-2H3,(H,20,21). The van der Waals surface area contributed by atoms with Gasteiger partial charge in [0.2, 0.25) is 5.91 Å². The van der Waals surface area contributed by atoms with Gasteiger partial charge >= 0.3 is 0 Å². The molecule has 0 bridgehead atoms. The molecule has 2 aromatic carbocycles. The summed E-state index contributed by atoms with van der Waals surface area (Å²) in [5.74, 6) is 0.442. The summed E-state index contributed by atoms with van der Waals surface area (Å²) >= 11 is 1.60. The van der Waals surface area contributed by atoms with Crippen LogP contribution in [-0.4, -0.2) is 16.9 Å². The van der Waals surface area contributed by atoms with Crippen LogP contribution in [0.5, 0.6) is 0 Å². The lowest BCUT2D eigenvalue weighted by Crippen LogP contribution is -2.23. The van der Waals surface area contributed by atoms with Crippen molar-refractivity contribution in [2.24, 2.45) is 0 Å². The van der Waals surface area contributed by atoms with E-state index in [0.29, 0.717) is 5.69 Å². The lowest BCUT2D eigenvalue weighted by molar-refractivity contribution is -0.115. The van der Waals surface area contributed by atoms with Crippen molar-refractivity contribution in [2.75, 3.05) is 11.1 Å². The van der Waals surface area contributed by atoms with Crippen LogP contribution in [0.15, 0.2) is 48.5 Å². The van der Waals surface area contributed by atoms with E-state index in [-0.39, 0.29) is 17.0 Å². The minimum atomic E-state index is -0.342. The first kappa shape index (κ1) is 16.6. The second kappa shape index (κ2) is 7.99. The molecule has 4 heteroatoms. The molecule has 0 aliphatic rings. The van der Waals surface area contributed by atoms with Crippen molar-refractivity contribution in [1.29, 1.82) is 0 Å². The highest BCUT2D eigenvalue weighted by molar-refractivity contribution is 8.00. The minimum absolute atomic E-state index is 0.0910. The smallest absolute Gasteiger partial charge is 0.237 e. The van der Waals surface area contributed by atoms with E-state index in [1.165, 1.54) is 17.7 Å². The molecule has 0 fully saturated rings. The molecule has 2 nitrogen and oxygen atoms in total. The Hall–Kier alpha value is -1.81. The van der Waals surface area contributed by atoms with Crippen molar-refractivity contribution in [3.05, 3.63) is 65.5 Å². The molecule has 1 atom stereocenters. The summed E-state index contributed by atoms with van der Waals surface area (Å²) in [5.41, 5.74) is 2.67. The number of thioether (sulfide) groups is 1. The molecule has 22 heavy (non-hydrogen) atoms. The average molecular weight is 317 g/mol. The third-order valence-corrected chi connectivity index (χ3v) is 4.58. The fourth-order valence-corrected chi connectivity index (χ4v) is 2.95. The molecule has 0 heterocycles.